The highest BCUT2D eigenvalue weighted by atomic mass is 32.1. The van der Waals surface area contributed by atoms with Gasteiger partial charge in [0.25, 0.3) is 0 Å². The zero-order chi connectivity index (χ0) is 19.7. The fraction of sp³-hybridized carbons (Fsp3) is 0.100. The van der Waals surface area contributed by atoms with Crippen molar-refractivity contribution in [3.8, 4) is 5.88 Å². The summed E-state index contributed by atoms with van der Waals surface area (Å²) in [7, 11) is 0. The number of aliphatic carboxylic acids is 1. The Morgan fingerprint density at radius 2 is 1.75 bits per heavy atom. The van der Waals surface area contributed by atoms with Crippen molar-refractivity contribution in [3.05, 3.63) is 85.5 Å². The van der Waals surface area contributed by atoms with Crippen LogP contribution < -0.4 is 15.8 Å². The van der Waals surface area contributed by atoms with E-state index in [1.54, 1.807) is 6.08 Å². The van der Waals surface area contributed by atoms with E-state index in [1.165, 1.54) is 4.57 Å². The van der Waals surface area contributed by atoms with E-state index in [2.05, 4.69) is 9.98 Å². The van der Waals surface area contributed by atoms with Gasteiger partial charge in [0, 0.05) is 6.08 Å². The lowest BCUT2D eigenvalue weighted by Crippen LogP contribution is -2.34. The average molecular weight is 408 g/mol. The van der Waals surface area contributed by atoms with Crippen LogP contribution in [-0.4, -0.2) is 15.6 Å². The van der Waals surface area contributed by atoms with E-state index in [0.29, 0.717) is 10.7 Å². The number of carbonyl (C=O) groups excluding carboxylic acids is 1. The number of rotatable bonds is 5. The molecule has 0 aliphatic carbocycles. The van der Waals surface area contributed by atoms with Gasteiger partial charge in [-0.1, -0.05) is 42.5 Å². The minimum Gasteiger partial charge on any atom is -0.548 e. The zero-order valence-electron chi connectivity index (χ0n) is 14.5. The lowest BCUT2D eigenvalue weighted by atomic mass is 10.1. The molecule has 8 heteroatoms. The molecule has 0 fully saturated rings. The van der Waals surface area contributed by atoms with Crippen LogP contribution in [0.3, 0.4) is 0 Å². The maximum absolute atomic E-state index is 11.8. The second-order valence-electron chi connectivity index (χ2n) is 6.17. The highest BCUT2D eigenvalue weighted by molar-refractivity contribution is 7.73. The van der Waals surface area contributed by atoms with Gasteiger partial charge in [0.15, 0.2) is 9.78 Å². The van der Waals surface area contributed by atoms with E-state index >= 15 is 0 Å². The molecule has 0 spiro atoms. The maximum Gasteiger partial charge on any atom is 0.211 e. The number of carbonyl (C=O) groups is 1. The minimum atomic E-state index is -1.31. The number of aromatic nitrogens is 1. The number of para-hydroxylation sites is 2. The fourth-order valence-electron chi connectivity index (χ4n) is 2.99. The minimum absolute atomic E-state index is 0.151. The van der Waals surface area contributed by atoms with Crippen molar-refractivity contribution in [1.82, 2.24) is 4.57 Å². The van der Waals surface area contributed by atoms with E-state index in [1.807, 2.05) is 54.6 Å². The summed E-state index contributed by atoms with van der Waals surface area (Å²) in [6, 6.07) is 15.4. The van der Waals surface area contributed by atoms with E-state index in [9.17, 15) is 15.0 Å². The molecular formula is C20H14N3O3S2-. The van der Waals surface area contributed by atoms with Crippen molar-refractivity contribution in [2.24, 2.45) is 9.98 Å². The third kappa shape index (κ3) is 3.51. The summed E-state index contributed by atoms with van der Waals surface area (Å²) in [5.41, 5.74) is 0.806. The number of nitrogens with zero attached hydrogens (tertiary/aromatic N) is 3. The van der Waals surface area contributed by atoms with Crippen LogP contribution in [0, 0.1) is 3.95 Å². The van der Waals surface area contributed by atoms with Crippen LogP contribution in [0.25, 0.3) is 6.08 Å². The van der Waals surface area contributed by atoms with Gasteiger partial charge in [0.2, 0.25) is 5.88 Å². The smallest absolute Gasteiger partial charge is 0.211 e. The Balaban J connectivity index is 1.73. The van der Waals surface area contributed by atoms with Gasteiger partial charge in [-0.25, -0.2) is 9.98 Å². The van der Waals surface area contributed by atoms with Gasteiger partial charge >= 0.3 is 0 Å². The Bertz CT molecular complexity index is 1220. The van der Waals surface area contributed by atoms with Gasteiger partial charge in [-0.05, 0) is 36.3 Å². The molecule has 0 radical (unpaired) electrons. The van der Waals surface area contributed by atoms with E-state index < -0.39 is 12.0 Å². The first-order valence-corrected chi connectivity index (χ1v) is 9.68. The van der Waals surface area contributed by atoms with Gasteiger partial charge in [-0.2, -0.15) is 0 Å². The van der Waals surface area contributed by atoms with Crippen molar-refractivity contribution in [2.45, 2.75) is 12.5 Å². The van der Waals surface area contributed by atoms with Crippen LogP contribution in [0.1, 0.15) is 16.5 Å². The molecule has 0 unspecified atom stereocenters. The first kappa shape index (κ1) is 18.3. The Morgan fingerprint density at radius 1 is 1.14 bits per heavy atom. The maximum atomic E-state index is 11.8. The molecular weight excluding hydrogens is 394 g/mol. The van der Waals surface area contributed by atoms with Gasteiger partial charge < -0.3 is 15.0 Å². The first-order valence-electron chi connectivity index (χ1n) is 8.46. The quantitative estimate of drug-likeness (QED) is 0.652. The molecule has 4 rings (SSSR count). The number of hydrogen-bond donors (Lipinski definition) is 1. The van der Waals surface area contributed by atoms with Gasteiger partial charge in [-0.3, -0.25) is 4.57 Å². The van der Waals surface area contributed by atoms with E-state index in [-0.39, 0.29) is 16.3 Å². The number of fused-ring (bicyclic) bond motifs is 1. The van der Waals surface area contributed by atoms with E-state index in [0.717, 1.165) is 27.6 Å². The molecule has 0 amide bonds. The largest absolute Gasteiger partial charge is 0.548 e. The molecule has 2 aromatic carbocycles. The van der Waals surface area contributed by atoms with Crippen LogP contribution >= 0.6 is 23.6 Å². The summed E-state index contributed by atoms with van der Waals surface area (Å²) in [6.07, 6.45) is 1.75. The normalized spacial score (nSPS) is 13.4. The molecule has 2 heterocycles. The SMILES string of the molecule is O=C([O-])[C@H](Cc1ccccc1)n1c(O)c(C=C2N=c3ccccc3=N2)sc1=S. The van der Waals surface area contributed by atoms with Gasteiger partial charge in [0.1, 0.15) is 0 Å². The molecule has 1 atom stereocenters. The van der Waals surface area contributed by atoms with Crippen LogP contribution in [0.15, 0.2) is 70.4 Å². The van der Waals surface area contributed by atoms with E-state index in [4.69, 9.17) is 12.2 Å². The molecule has 1 aliphatic heterocycles. The molecule has 1 N–H and O–H groups in total. The monoisotopic (exact) mass is 408 g/mol. The summed E-state index contributed by atoms with van der Waals surface area (Å²) in [6.45, 7) is 0. The molecule has 1 aromatic heterocycles. The Kier molecular flexibility index (Phi) is 4.89. The molecule has 1 aliphatic rings. The van der Waals surface area contributed by atoms with Crippen molar-refractivity contribution < 1.29 is 15.0 Å². The number of aromatic hydroxyl groups is 1. The van der Waals surface area contributed by atoms with Gasteiger partial charge in [0.05, 0.1) is 27.6 Å². The lowest BCUT2D eigenvalue weighted by Gasteiger charge is -2.20. The third-order valence-electron chi connectivity index (χ3n) is 4.31. The third-order valence-corrected chi connectivity index (χ3v) is 5.65. The fourth-order valence-corrected chi connectivity index (χ4v) is 4.32. The van der Waals surface area contributed by atoms with Crippen molar-refractivity contribution in [2.75, 3.05) is 0 Å². The number of hydrogen-bond acceptors (Lipinski definition) is 7. The molecule has 28 heavy (non-hydrogen) atoms. The number of carboxylic acid groups (broad SMARTS) is 1. The van der Waals surface area contributed by atoms with Crippen LogP contribution in [-0.2, 0) is 11.2 Å². The number of carboxylic acids is 1. The summed E-state index contributed by atoms with van der Waals surface area (Å²) >= 11 is 6.43. The van der Waals surface area contributed by atoms with Crippen molar-refractivity contribution in [3.63, 3.8) is 0 Å². The predicted octanol–water partition coefficient (Wildman–Crippen LogP) is 1.77. The highest BCUT2D eigenvalue weighted by Gasteiger charge is 2.21. The summed E-state index contributed by atoms with van der Waals surface area (Å²) in [5, 5.41) is 23.9. The lowest BCUT2D eigenvalue weighted by molar-refractivity contribution is -0.310. The second-order valence-corrected chi connectivity index (χ2v) is 7.84. The molecule has 140 valence electrons. The first-order chi connectivity index (χ1) is 13.5. The number of benzene rings is 2. The summed E-state index contributed by atoms with van der Waals surface area (Å²) in [5.74, 6) is -1.11. The zero-order valence-corrected chi connectivity index (χ0v) is 16.1. The Hall–Kier alpha value is -3.10. The molecule has 0 bridgehead atoms. The van der Waals surface area contributed by atoms with Crippen molar-refractivity contribution >= 4 is 35.6 Å². The van der Waals surface area contributed by atoms with Crippen LogP contribution in [0.4, 0.5) is 0 Å². The second kappa shape index (κ2) is 7.49. The molecule has 6 nitrogen and oxygen atoms in total. The summed E-state index contributed by atoms with van der Waals surface area (Å²) in [4.78, 5) is 21.0. The molecule has 0 saturated heterocycles. The standard InChI is InChI=1S/C20H15N3O3S2/c24-18-16(11-17-21-13-8-4-5-9-14(13)22-17)28-20(27)23(18)15(19(25)26)10-12-6-2-1-3-7-12/h1-9,11,15,24H,10H2,(H,25,26)/p-1/t15-/m0/s1. The van der Waals surface area contributed by atoms with Gasteiger partial charge in [-0.15, -0.1) is 11.3 Å². The van der Waals surface area contributed by atoms with Crippen molar-refractivity contribution in [1.29, 1.82) is 0 Å². The number of thiazole rings is 1. The predicted molar refractivity (Wildman–Crippen MR) is 106 cm³/mol. The topological polar surface area (TPSA) is 90.0 Å². The summed E-state index contributed by atoms with van der Waals surface area (Å²) < 4.78 is 1.46. The van der Waals surface area contributed by atoms with Crippen LogP contribution in [0.5, 0.6) is 5.88 Å². The Morgan fingerprint density at radius 3 is 2.36 bits per heavy atom. The van der Waals surface area contributed by atoms with Crippen LogP contribution in [0.2, 0.25) is 0 Å². The average Bonchev–Trinajstić information content (AvgIpc) is 3.21. The molecule has 3 aromatic rings. The highest BCUT2D eigenvalue weighted by Crippen LogP contribution is 2.33. The molecule has 0 saturated carbocycles. The Labute approximate surface area is 169 Å².